The first kappa shape index (κ1) is 18.6. The minimum Gasteiger partial charge on any atom is -0.487 e. The normalized spacial score (nSPS) is 14.2. The summed E-state index contributed by atoms with van der Waals surface area (Å²) in [6, 6.07) is 4.32. The number of halogens is 7. The molecule has 0 spiro atoms. The van der Waals surface area contributed by atoms with Crippen LogP contribution in [0, 0.1) is 0 Å². The standard InChI is InChI=1S/C14H15F7O/c1-2-3-11(14(19,20)21)9-4-6-10(7-5-9)22-8-13(17,18)12(15)16/h4-7,11-12H,2-3,8H2,1H3. The molecular weight excluding hydrogens is 317 g/mol. The zero-order valence-corrected chi connectivity index (χ0v) is 11.6. The second-order valence-corrected chi connectivity index (χ2v) is 4.80. The number of hydrogen-bond acceptors (Lipinski definition) is 1. The summed E-state index contributed by atoms with van der Waals surface area (Å²) in [5, 5.41) is 0. The van der Waals surface area contributed by atoms with Crippen LogP contribution < -0.4 is 4.74 Å². The average molecular weight is 332 g/mol. The predicted molar refractivity (Wildman–Crippen MR) is 66.6 cm³/mol. The topological polar surface area (TPSA) is 9.23 Å². The molecule has 0 aliphatic carbocycles. The quantitative estimate of drug-likeness (QED) is 0.607. The second kappa shape index (κ2) is 7.19. The molecule has 0 N–H and O–H groups in total. The van der Waals surface area contributed by atoms with Crippen molar-refractivity contribution in [3.63, 3.8) is 0 Å². The number of benzene rings is 1. The molecular formula is C14H15F7O. The monoisotopic (exact) mass is 332 g/mol. The molecule has 1 rings (SSSR count). The number of rotatable bonds is 7. The highest BCUT2D eigenvalue weighted by atomic mass is 19.4. The van der Waals surface area contributed by atoms with Crippen molar-refractivity contribution in [3.05, 3.63) is 29.8 Å². The summed E-state index contributed by atoms with van der Waals surface area (Å²) in [7, 11) is 0. The van der Waals surface area contributed by atoms with Gasteiger partial charge in [-0.1, -0.05) is 25.5 Å². The minimum absolute atomic E-state index is 0.0256. The van der Waals surface area contributed by atoms with E-state index in [0.717, 1.165) is 24.3 Å². The Balaban J connectivity index is 2.77. The van der Waals surface area contributed by atoms with Crippen LogP contribution in [0.15, 0.2) is 24.3 Å². The van der Waals surface area contributed by atoms with Crippen LogP contribution in [0.1, 0.15) is 31.2 Å². The fraction of sp³-hybridized carbons (Fsp3) is 0.571. The Kier molecular flexibility index (Phi) is 6.08. The van der Waals surface area contributed by atoms with Crippen molar-refractivity contribution in [2.75, 3.05) is 6.61 Å². The maximum absolute atomic E-state index is 12.9. The fourth-order valence-corrected chi connectivity index (χ4v) is 1.85. The maximum atomic E-state index is 12.9. The lowest BCUT2D eigenvalue weighted by Crippen LogP contribution is -2.33. The Hall–Kier alpha value is -1.47. The third-order valence-corrected chi connectivity index (χ3v) is 3.01. The molecule has 0 saturated carbocycles. The van der Waals surface area contributed by atoms with E-state index in [1.165, 1.54) is 0 Å². The van der Waals surface area contributed by atoms with Crippen molar-refractivity contribution in [3.8, 4) is 5.75 Å². The largest absolute Gasteiger partial charge is 0.487 e. The minimum atomic E-state index is -4.42. The SMILES string of the molecule is CCCC(c1ccc(OCC(F)(F)C(F)F)cc1)C(F)(F)F. The summed E-state index contributed by atoms with van der Waals surface area (Å²) in [4.78, 5) is 0. The molecule has 1 aromatic carbocycles. The zero-order chi connectivity index (χ0) is 17.0. The number of ether oxygens (including phenoxy) is 1. The van der Waals surface area contributed by atoms with Crippen molar-refractivity contribution >= 4 is 0 Å². The number of hydrogen-bond donors (Lipinski definition) is 0. The van der Waals surface area contributed by atoms with E-state index in [-0.39, 0.29) is 17.7 Å². The summed E-state index contributed by atoms with van der Waals surface area (Å²) >= 11 is 0. The molecule has 126 valence electrons. The molecule has 0 aliphatic heterocycles. The van der Waals surface area contributed by atoms with E-state index < -0.39 is 31.0 Å². The van der Waals surface area contributed by atoms with Crippen LogP contribution in [-0.2, 0) is 0 Å². The van der Waals surface area contributed by atoms with E-state index in [1.54, 1.807) is 6.92 Å². The Labute approximate surface area is 123 Å². The molecule has 0 aliphatic rings. The first-order valence-corrected chi connectivity index (χ1v) is 6.53. The fourth-order valence-electron chi connectivity index (χ4n) is 1.85. The molecule has 0 bridgehead atoms. The molecule has 1 aromatic rings. The van der Waals surface area contributed by atoms with Gasteiger partial charge in [-0.3, -0.25) is 0 Å². The van der Waals surface area contributed by atoms with Gasteiger partial charge < -0.3 is 4.74 Å². The number of alkyl halides is 7. The Morgan fingerprint density at radius 3 is 1.95 bits per heavy atom. The van der Waals surface area contributed by atoms with Crippen molar-refractivity contribution in [1.82, 2.24) is 0 Å². The first-order chi connectivity index (χ1) is 10.1. The third kappa shape index (κ3) is 5.06. The molecule has 8 heteroatoms. The van der Waals surface area contributed by atoms with E-state index in [4.69, 9.17) is 0 Å². The highest BCUT2D eigenvalue weighted by Crippen LogP contribution is 2.38. The van der Waals surface area contributed by atoms with E-state index in [1.807, 2.05) is 0 Å². The molecule has 0 amide bonds. The van der Waals surface area contributed by atoms with Gasteiger partial charge >= 0.3 is 18.5 Å². The maximum Gasteiger partial charge on any atom is 0.395 e. The van der Waals surface area contributed by atoms with Crippen molar-refractivity contribution in [1.29, 1.82) is 0 Å². The lowest BCUT2D eigenvalue weighted by atomic mass is 9.94. The second-order valence-electron chi connectivity index (χ2n) is 4.80. The summed E-state index contributed by atoms with van der Waals surface area (Å²) in [6.07, 6.45) is -8.07. The molecule has 0 heterocycles. The van der Waals surface area contributed by atoms with Gasteiger partial charge in [-0.25, -0.2) is 8.78 Å². The van der Waals surface area contributed by atoms with Gasteiger partial charge in [0.15, 0.2) is 6.61 Å². The highest BCUT2D eigenvalue weighted by Gasteiger charge is 2.42. The van der Waals surface area contributed by atoms with Crippen molar-refractivity contribution in [2.45, 2.75) is 44.2 Å². The Morgan fingerprint density at radius 2 is 1.55 bits per heavy atom. The van der Waals surface area contributed by atoms with Gasteiger partial charge in [0.25, 0.3) is 0 Å². The predicted octanol–water partition coefficient (Wildman–Crippen LogP) is 5.41. The van der Waals surface area contributed by atoms with Gasteiger partial charge in [0.1, 0.15) is 5.75 Å². The van der Waals surface area contributed by atoms with Crippen LogP contribution in [-0.4, -0.2) is 25.1 Å². The summed E-state index contributed by atoms with van der Waals surface area (Å²) < 4.78 is 92.4. The van der Waals surface area contributed by atoms with Gasteiger partial charge in [0, 0.05) is 0 Å². The van der Waals surface area contributed by atoms with Crippen molar-refractivity contribution < 1.29 is 35.5 Å². The van der Waals surface area contributed by atoms with E-state index in [9.17, 15) is 30.7 Å². The molecule has 0 radical (unpaired) electrons. The average Bonchev–Trinajstić information content (AvgIpc) is 2.42. The van der Waals surface area contributed by atoms with Crippen LogP contribution in [0.5, 0.6) is 5.75 Å². The van der Waals surface area contributed by atoms with E-state index in [2.05, 4.69) is 4.74 Å². The van der Waals surface area contributed by atoms with Crippen molar-refractivity contribution in [2.24, 2.45) is 0 Å². The summed E-state index contributed by atoms with van der Waals surface area (Å²) in [6.45, 7) is 0.0737. The molecule has 0 saturated heterocycles. The van der Waals surface area contributed by atoms with Crippen LogP contribution in [0.4, 0.5) is 30.7 Å². The van der Waals surface area contributed by atoms with Gasteiger partial charge in [-0.05, 0) is 24.1 Å². The summed E-state index contributed by atoms with van der Waals surface area (Å²) in [5.74, 6) is -6.16. The molecule has 1 atom stereocenters. The summed E-state index contributed by atoms with van der Waals surface area (Å²) in [5.41, 5.74) is -0.0256. The van der Waals surface area contributed by atoms with Crippen LogP contribution in [0.2, 0.25) is 0 Å². The lowest BCUT2D eigenvalue weighted by molar-refractivity contribution is -0.152. The van der Waals surface area contributed by atoms with Gasteiger partial charge in [0.05, 0.1) is 5.92 Å². The van der Waals surface area contributed by atoms with Crippen LogP contribution in [0.3, 0.4) is 0 Å². The molecule has 0 fully saturated rings. The van der Waals surface area contributed by atoms with Gasteiger partial charge in [-0.2, -0.15) is 22.0 Å². The third-order valence-electron chi connectivity index (χ3n) is 3.01. The zero-order valence-electron chi connectivity index (χ0n) is 11.6. The molecule has 1 nitrogen and oxygen atoms in total. The molecule has 0 aromatic heterocycles. The highest BCUT2D eigenvalue weighted by molar-refractivity contribution is 5.30. The lowest BCUT2D eigenvalue weighted by Gasteiger charge is -2.20. The molecule has 22 heavy (non-hydrogen) atoms. The van der Waals surface area contributed by atoms with Crippen LogP contribution in [0.25, 0.3) is 0 Å². The van der Waals surface area contributed by atoms with Crippen LogP contribution >= 0.6 is 0 Å². The Bertz CT molecular complexity index is 453. The van der Waals surface area contributed by atoms with E-state index >= 15 is 0 Å². The van der Waals surface area contributed by atoms with Gasteiger partial charge in [0.2, 0.25) is 0 Å². The Morgan fingerprint density at radius 1 is 1.00 bits per heavy atom. The van der Waals surface area contributed by atoms with Gasteiger partial charge in [-0.15, -0.1) is 0 Å². The molecule has 1 unspecified atom stereocenters. The smallest absolute Gasteiger partial charge is 0.395 e. The first-order valence-electron chi connectivity index (χ1n) is 6.53. The van der Waals surface area contributed by atoms with E-state index in [0.29, 0.717) is 6.42 Å².